The third kappa shape index (κ3) is 2.72. The minimum Gasteiger partial charge on any atom is -0.491 e. The molecule has 1 saturated carbocycles. The van der Waals surface area contributed by atoms with Crippen molar-refractivity contribution in [1.82, 2.24) is 10.6 Å². The lowest BCUT2D eigenvalue weighted by Crippen LogP contribution is -2.50. The molecule has 118 valence electrons. The summed E-state index contributed by atoms with van der Waals surface area (Å²) in [4.78, 5) is 12.5. The second-order valence-electron chi connectivity index (χ2n) is 6.93. The molecule has 4 rings (SSSR count). The van der Waals surface area contributed by atoms with Crippen LogP contribution in [-0.4, -0.2) is 30.6 Å². The molecular formula is C18H24N2O2. The summed E-state index contributed by atoms with van der Waals surface area (Å²) in [5, 5.41) is 6.73. The van der Waals surface area contributed by atoms with Crippen molar-refractivity contribution in [2.75, 3.05) is 6.61 Å². The summed E-state index contributed by atoms with van der Waals surface area (Å²) < 4.78 is 5.76. The largest absolute Gasteiger partial charge is 0.491 e. The standard InChI is InChI=1S/C18H24N2O2/c21-18(16-10-12-5-1-3-7-15(12)20-16)19-14-9-13-6-2-4-8-17(13)22-11-14/h2,4,6,8,12,14-16,20H,1,3,5,7,9-11H2,(H,19,21). The number of ether oxygens (including phenoxy) is 1. The topological polar surface area (TPSA) is 50.4 Å². The SMILES string of the molecule is O=C(NC1COc2ccccc2C1)C1CC2CCCCC2N1. The van der Waals surface area contributed by atoms with Crippen molar-refractivity contribution in [3.63, 3.8) is 0 Å². The van der Waals surface area contributed by atoms with Gasteiger partial charge in [0.1, 0.15) is 12.4 Å². The number of hydrogen-bond donors (Lipinski definition) is 2. The first kappa shape index (κ1) is 14.1. The first-order chi connectivity index (χ1) is 10.8. The fourth-order valence-electron chi connectivity index (χ4n) is 4.24. The fraction of sp³-hybridized carbons (Fsp3) is 0.611. The number of hydrogen-bond acceptors (Lipinski definition) is 3. The van der Waals surface area contributed by atoms with Crippen molar-refractivity contribution in [3.8, 4) is 5.75 Å². The van der Waals surface area contributed by atoms with E-state index >= 15 is 0 Å². The number of amides is 1. The molecule has 4 atom stereocenters. The molecule has 0 aromatic heterocycles. The average Bonchev–Trinajstić information content (AvgIpc) is 2.99. The summed E-state index contributed by atoms with van der Waals surface area (Å²) in [5.74, 6) is 1.81. The highest BCUT2D eigenvalue weighted by Gasteiger charge is 2.38. The van der Waals surface area contributed by atoms with E-state index in [1.807, 2.05) is 18.2 Å². The van der Waals surface area contributed by atoms with E-state index in [1.54, 1.807) is 0 Å². The van der Waals surface area contributed by atoms with Gasteiger partial charge in [0.25, 0.3) is 0 Å². The van der Waals surface area contributed by atoms with Gasteiger partial charge in [0.15, 0.2) is 0 Å². The number of benzene rings is 1. The van der Waals surface area contributed by atoms with E-state index in [4.69, 9.17) is 4.74 Å². The Morgan fingerprint density at radius 3 is 3.00 bits per heavy atom. The second kappa shape index (κ2) is 5.92. The van der Waals surface area contributed by atoms with Crippen LogP contribution in [0.25, 0.3) is 0 Å². The molecule has 1 aromatic rings. The number of para-hydroxylation sites is 1. The van der Waals surface area contributed by atoms with Gasteiger partial charge in [-0.05, 0) is 43.2 Å². The Morgan fingerprint density at radius 1 is 1.23 bits per heavy atom. The summed E-state index contributed by atoms with van der Waals surface area (Å²) in [6.45, 7) is 0.572. The number of fused-ring (bicyclic) bond motifs is 2. The number of nitrogens with one attached hydrogen (secondary N) is 2. The van der Waals surface area contributed by atoms with Crippen LogP contribution in [0, 0.1) is 5.92 Å². The lowest BCUT2D eigenvalue weighted by molar-refractivity contribution is -0.123. The molecule has 22 heavy (non-hydrogen) atoms. The first-order valence-corrected chi connectivity index (χ1v) is 8.57. The van der Waals surface area contributed by atoms with Gasteiger partial charge in [-0.1, -0.05) is 31.0 Å². The van der Waals surface area contributed by atoms with Gasteiger partial charge in [-0.2, -0.15) is 0 Å². The highest BCUT2D eigenvalue weighted by molar-refractivity contribution is 5.82. The number of carbonyl (C=O) groups excluding carboxylic acids is 1. The van der Waals surface area contributed by atoms with E-state index in [2.05, 4.69) is 16.7 Å². The monoisotopic (exact) mass is 300 g/mol. The van der Waals surface area contributed by atoms with Gasteiger partial charge in [0.2, 0.25) is 5.91 Å². The lowest BCUT2D eigenvalue weighted by Gasteiger charge is -2.27. The van der Waals surface area contributed by atoms with Crippen LogP contribution in [0.15, 0.2) is 24.3 Å². The minimum atomic E-state index is -0.00901. The molecule has 4 unspecified atom stereocenters. The Kier molecular flexibility index (Phi) is 3.78. The van der Waals surface area contributed by atoms with Crippen LogP contribution in [0.1, 0.15) is 37.7 Å². The van der Waals surface area contributed by atoms with Crippen molar-refractivity contribution in [2.24, 2.45) is 5.92 Å². The van der Waals surface area contributed by atoms with Gasteiger partial charge in [-0.25, -0.2) is 0 Å². The van der Waals surface area contributed by atoms with Crippen LogP contribution < -0.4 is 15.4 Å². The molecule has 0 radical (unpaired) electrons. The molecule has 1 amide bonds. The third-order valence-electron chi connectivity index (χ3n) is 5.40. The Morgan fingerprint density at radius 2 is 2.09 bits per heavy atom. The van der Waals surface area contributed by atoms with Crippen LogP contribution in [0.4, 0.5) is 0 Å². The van der Waals surface area contributed by atoms with Gasteiger partial charge in [-0.15, -0.1) is 0 Å². The first-order valence-electron chi connectivity index (χ1n) is 8.57. The molecule has 2 heterocycles. The molecule has 0 spiro atoms. The van der Waals surface area contributed by atoms with E-state index in [0.29, 0.717) is 18.6 Å². The second-order valence-corrected chi connectivity index (χ2v) is 6.93. The molecule has 1 saturated heterocycles. The van der Waals surface area contributed by atoms with E-state index < -0.39 is 0 Å². The summed E-state index contributed by atoms with van der Waals surface area (Å²) in [6, 6.07) is 8.73. The highest BCUT2D eigenvalue weighted by Crippen LogP contribution is 2.33. The average molecular weight is 300 g/mol. The fourth-order valence-corrected chi connectivity index (χ4v) is 4.24. The quantitative estimate of drug-likeness (QED) is 0.878. The predicted molar refractivity (Wildman–Crippen MR) is 84.9 cm³/mol. The summed E-state index contributed by atoms with van der Waals surface area (Å²) in [6.07, 6.45) is 7.00. The van der Waals surface area contributed by atoms with Crippen LogP contribution >= 0.6 is 0 Å². The van der Waals surface area contributed by atoms with Crippen molar-refractivity contribution >= 4 is 5.91 Å². The van der Waals surface area contributed by atoms with E-state index in [0.717, 1.165) is 18.6 Å². The molecule has 4 nitrogen and oxygen atoms in total. The molecule has 2 N–H and O–H groups in total. The van der Waals surface area contributed by atoms with Crippen LogP contribution in [0.2, 0.25) is 0 Å². The Balaban J connectivity index is 1.35. The van der Waals surface area contributed by atoms with Gasteiger partial charge >= 0.3 is 0 Å². The Labute approximate surface area is 131 Å². The molecule has 3 aliphatic rings. The molecule has 2 aliphatic heterocycles. The number of carbonyl (C=O) groups is 1. The maximum Gasteiger partial charge on any atom is 0.237 e. The molecule has 1 aliphatic carbocycles. The maximum absolute atomic E-state index is 12.5. The zero-order valence-electron chi connectivity index (χ0n) is 12.9. The normalized spacial score (nSPS) is 33.5. The van der Waals surface area contributed by atoms with Crippen LogP contribution in [0.3, 0.4) is 0 Å². The zero-order chi connectivity index (χ0) is 14.9. The van der Waals surface area contributed by atoms with E-state index in [1.165, 1.54) is 31.2 Å². The van der Waals surface area contributed by atoms with Gasteiger partial charge < -0.3 is 15.4 Å². The maximum atomic E-state index is 12.5. The van der Waals surface area contributed by atoms with Crippen molar-refractivity contribution in [3.05, 3.63) is 29.8 Å². The van der Waals surface area contributed by atoms with Crippen molar-refractivity contribution < 1.29 is 9.53 Å². The minimum absolute atomic E-state index is 0.00901. The third-order valence-corrected chi connectivity index (χ3v) is 5.40. The molecular weight excluding hydrogens is 276 g/mol. The van der Waals surface area contributed by atoms with Gasteiger partial charge in [-0.3, -0.25) is 4.79 Å². The van der Waals surface area contributed by atoms with Crippen LogP contribution in [-0.2, 0) is 11.2 Å². The predicted octanol–water partition coefficient (Wildman–Crippen LogP) is 2.03. The van der Waals surface area contributed by atoms with Crippen molar-refractivity contribution in [1.29, 1.82) is 0 Å². The van der Waals surface area contributed by atoms with Crippen molar-refractivity contribution in [2.45, 2.75) is 56.7 Å². The zero-order valence-corrected chi connectivity index (χ0v) is 12.9. The van der Waals surface area contributed by atoms with E-state index in [-0.39, 0.29) is 18.0 Å². The lowest BCUT2D eigenvalue weighted by atomic mass is 9.85. The number of rotatable bonds is 2. The van der Waals surface area contributed by atoms with Gasteiger partial charge in [0, 0.05) is 6.04 Å². The van der Waals surface area contributed by atoms with Gasteiger partial charge in [0.05, 0.1) is 12.1 Å². The Bertz CT molecular complexity index is 546. The molecule has 2 fully saturated rings. The van der Waals surface area contributed by atoms with Crippen LogP contribution in [0.5, 0.6) is 5.75 Å². The highest BCUT2D eigenvalue weighted by atomic mass is 16.5. The van der Waals surface area contributed by atoms with E-state index in [9.17, 15) is 4.79 Å². The summed E-state index contributed by atoms with van der Waals surface area (Å²) in [7, 11) is 0. The molecule has 1 aromatic carbocycles. The molecule has 4 heteroatoms. The Hall–Kier alpha value is -1.55. The smallest absolute Gasteiger partial charge is 0.237 e. The summed E-state index contributed by atoms with van der Waals surface area (Å²) in [5.41, 5.74) is 1.19. The molecule has 0 bridgehead atoms. The summed E-state index contributed by atoms with van der Waals surface area (Å²) >= 11 is 0.